The number of benzene rings is 1. The average molecular weight is 482 g/mol. The van der Waals surface area contributed by atoms with E-state index in [0.29, 0.717) is 17.5 Å². The summed E-state index contributed by atoms with van der Waals surface area (Å²) in [7, 11) is 0. The van der Waals surface area contributed by atoms with E-state index in [-0.39, 0.29) is 11.3 Å². The highest BCUT2D eigenvalue weighted by Crippen LogP contribution is 2.46. The molecule has 6 rings (SSSR count). The molecule has 0 bridgehead atoms. The summed E-state index contributed by atoms with van der Waals surface area (Å²) in [5.74, 6) is 0.657. The number of piperidine rings is 1. The van der Waals surface area contributed by atoms with E-state index in [9.17, 15) is 8.78 Å². The quantitative estimate of drug-likeness (QED) is 0.484. The SMILES string of the molecule is FC(F)c1nnc(-c2cnc(CC3(c4cccc(C5CCN(C6COC6)CC5)c4)CCC3)nc2)o1. The predicted molar refractivity (Wildman–Crippen MR) is 124 cm³/mol. The Labute approximate surface area is 202 Å². The van der Waals surface area contributed by atoms with E-state index in [1.807, 2.05) is 0 Å². The van der Waals surface area contributed by atoms with Crippen LogP contribution < -0.4 is 0 Å². The molecule has 0 unspecified atom stereocenters. The van der Waals surface area contributed by atoms with Gasteiger partial charge in [-0.15, -0.1) is 10.2 Å². The van der Waals surface area contributed by atoms with Gasteiger partial charge in [-0.25, -0.2) is 9.97 Å². The summed E-state index contributed by atoms with van der Waals surface area (Å²) in [5.41, 5.74) is 3.31. The van der Waals surface area contributed by atoms with Gasteiger partial charge in [-0.1, -0.05) is 30.7 Å². The number of alkyl halides is 2. The molecule has 2 saturated heterocycles. The smallest absolute Gasteiger partial charge is 0.314 e. The molecule has 1 aromatic carbocycles. The zero-order valence-electron chi connectivity index (χ0n) is 19.6. The number of halogens is 2. The second-order valence-electron chi connectivity index (χ2n) is 10.1. The summed E-state index contributed by atoms with van der Waals surface area (Å²) in [4.78, 5) is 11.6. The third-order valence-electron chi connectivity index (χ3n) is 8.02. The Balaban J connectivity index is 1.15. The number of hydrogen-bond donors (Lipinski definition) is 0. The van der Waals surface area contributed by atoms with Crippen LogP contribution in [0.5, 0.6) is 0 Å². The Hall–Kier alpha value is -2.78. The van der Waals surface area contributed by atoms with Crippen molar-refractivity contribution >= 4 is 0 Å². The number of nitrogens with zero attached hydrogens (tertiary/aromatic N) is 5. The fraction of sp³-hybridized carbons (Fsp3) is 0.538. The van der Waals surface area contributed by atoms with Gasteiger partial charge < -0.3 is 9.15 Å². The van der Waals surface area contributed by atoms with Crippen molar-refractivity contribution in [1.29, 1.82) is 0 Å². The fourth-order valence-electron chi connectivity index (χ4n) is 5.62. The maximum atomic E-state index is 12.7. The molecule has 0 radical (unpaired) electrons. The molecule has 9 heteroatoms. The molecule has 0 amide bonds. The van der Waals surface area contributed by atoms with E-state index in [0.717, 1.165) is 51.4 Å². The van der Waals surface area contributed by atoms with Gasteiger partial charge in [0.15, 0.2) is 0 Å². The molecule has 7 nitrogen and oxygen atoms in total. The van der Waals surface area contributed by atoms with E-state index >= 15 is 0 Å². The van der Waals surface area contributed by atoms with Crippen molar-refractivity contribution in [3.05, 3.63) is 59.5 Å². The Kier molecular flexibility index (Phi) is 6.06. The highest BCUT2D eigenvalue weighted by atomic mass is 19.3. The molecule has 1 saturated carbocycles. The van der Waals surface area contributed by atoms with Crippen LogP contribution in [0.2, 0.25) is 0 Å². The summed E-state index contributed by atoms with van der Waals surface area (Å²) in [6.07, 6.45) is 6.93. The molecule has 184 valence electrons. The Bertz CT molecular complexity index is 1150. The monoisotopic (exact) mass is 481 g/mol. The molecule has 2 aliphatic heterocycles. The van der Waals surface area contributed by atoms with Crippen molar-refractivity contribution in [2.45, 2.75) is 62.3 Å². The van der Waals surface area contributed by atoms with E-state index in [2.05, 4.69) is 49.3 Å². The number of rotatable bonds is 7. The van der Waals surface area contributed by atoms with Crippen molar-refractivity contribution in [3.8, 4) is 11.5 Å². The third kappa shape index (κ3) is 4.47. The van der Waals surface area contributed by atoms with Gasteiger partial charge in [0.25, 0.3) is 11.8 Å². The van der Waals surface area contributed by atoms with Crippen LogP contribution in [0.4, 0.5) is 8.78 Å². The minimum Gasteiger partial charge on any atom is -0.415 e. The Morgan fingerprint density at radius 1 is 1.06 bits per heavy atom. The Morgan fingerprint density at radius 2 is 1.83 bits per heavy atom. The number of hydrogen-bond acceptors (Lipinski definition) is 7. The van der Waals surface area contributed by atoms with Crippen LogP contribution in [-0.4, -0.2) is 57.4 Å². The molecule has 0 N–H and O–H groups in total. The van der Waals surface area contributed by atoms with Crippen LogP contribution in [-0.2, 0) is 16.6 Å². The lowest BCUT2D eigenvalue weighted by Crippen LogP contribution is -2.51. The minimum atomic E-state index is -2.80. The van der Waals surface area contributed by atoms with E-state index in [1.165, 1.54) is 30.4 Å². The zero-order chi connectivity index (χ0) is 23.8. The first-order valence-corrected chi connectivity index (χ1v) is 12.4. The lowest BCUT2D eigenvalue weighted by molar-refractivity contribution is -0.0712. The molecular formula is C26H29F2N5O2. The summed E-state index contributed by atoms with van der Waals surface area (Å²) in [6, 6.07) is 9.79. The molecular weight excluding hydrogens is 452 g/mol. The van der Waals surface area contributed by atoms with Gasteiger partial charge >= 0.3 is 6.43 Å². The molecule has 4 heterocycles. The molecule has 3 aliphatic rings. The second kappa shape index (κ2) is 9.35. The molecule has 3 aromatic rings. The number of aromatic nitrogens is 4. The van der Waals surface area contributed by atoms with Crippen LogP contribution in [0.1, 0.15) is 67.3 Å². The maximum absolute atomic E-state index is 12.7. The van der Waals surface area contributed by atoms with Crippen LogP contribution in [0.25, 0.3) is 11.5 Å². The van der Waals surface area contributed by atoms with Crippen LogP contribution in [0, 0.1) is 0 Å². The Morgan fingerprint density at radius 3 is 2.43 bits per heavy atom. The van der Waals surface area contributed by atoms with Gasteiger partial charge in [-0.3, -0.25) is 4.90 Å². The fourth-order valence-corrected chi connectivity index (χ4v) is 5.62. The molecule has 1 aliphatic carbocycles. The second-order valence-corrected chi connectivity index (χ2v) is 10.1. The van der Waals surface area contributed by atoms with Gasteiger partial charge in [-0.2, -0.15) is 8.78 Å². The van der Waals surface area contributed by atoms with Crippen molar-refractivity contribution in [2.75, 3.05) is 26.3 Å². The minimum absolute atomic E-state index is 0.00814. The largest absolute Gasteiger partial charge is 0.415 e. The summed E-state index contributed by atoms with van der Waals surface area (Å²) >= 11 is 0. The van der Waals surface area contributed by atoms with Crippen LogP contribution >= 0.6 is 0 Å². The van der Waals surface area contributed by atoms with Crippen molar-refractivity contribution in [1.82, 2.24) is 25.1 Å². The lowest BCUT2D eigenvalue weighted by Gasteiger charge is -2.43. The summed E-state index contributed by atoms with van der Waals surface area (Å²) < 4.78 is 35.8. The van der Waals surface area contributed by atoms with Crippen LogP contribution in [0.3, 0.4) is 0 Å². The van der Waals surface area contributed by atoms with E-state index < -0.39 is 12.3 Å². The number of likely N-dealkylation sites (tertiary alicyclic amines) is 1. The summed E-state index contributed by atoms with van der Waals surface area (Å²) in [6.45, 7) is 4.06. The molecule has 0 atom stereocenters. The van der Waals surface area contributed by atoms with Gasteiger partial charge in [-0.05, 0) is 55.8 Å². The summed E-state index contributed by atoms with van der Waals surface area (Å²) in [5, 5.41) is 7.05. The lowest BCUT2D eigenvalue weighted by atomic mass is 9.62. The predicted octanol–water partition coefficient (Wildman–Crippen LogP) is 4.71. The first kappa shape index (κ1) is 22.7. The molecule has 35 heavy (non-hydrogen) atoms. The van der Waals surface area contributed by atoms with Gasteiger partial charge in [0.2, 0.25) is 0 Å². The van der Waals surface area contributed by atoms with Crippen LogP contribution in [0.15, 0.2) is 41.1 Å². The van der Waals surface area contributed by atoms with Gasteiger partial charge in [0.05, 0.1) is 24.8 Å². The van der Waals surface area contributed by atoms with E-state index in [1.54, 1.807) is 12.4 Å². The zero-order valence-corrected chi connectivity index (χ0v) is 19.6. The third-order valence-corrected chi connectivity index (χ3v) is 8.02. The van der Waals surface area contributed by atoms with Gasteiger partial charge in [0.1, 0.15) is 5.82 Å². The van der Waals surface area contributed by atoms with Crippen molar-refractivity contribution < 1.29 is 17.9 Å². The highest BCUT2D eigenvalue weighted by Gasteiger charge is 2.40. The first-order chi connectivity index (χ1) is 17.1. The molecule has 2 aromatic heterocycles. The molecule has 3 fully saturated rings. The van der Waals surface area contributed by atoms with Crippen molar-refractivity contribution in [3.63, 3.8) is 0 Å². The maximum Gasteiger partial charge on any atom is 0.314 e. The standard InChI is InChI=1S/C26H29F2N5O2/c27-23(28)25-32-31-24(35-25)19-13-29-22(30-14-19)12-26(7-2-8-26)20-4-1-3-18(11-20)17-5-9-33(10-6-17)21-15-34-16-21/h1,3-4,11,13-14,17,21,23H,2,5-10,12,15-16H2. The molecule has 0 spiro atoms. The number of ether oxygens (including phenoxy) is 1. The van der Waals surface area contributed by atoms with E-state index in [4.69, 9.17) is 9.15 Å². The van der Waals surface area contributed by atoms with Crippen molar-refractivity contribution in [2.24, 2.45) is 0 Å². The average Bonchev–Trinajstić information content (AvgIpc) is 3.32. The topological polar surface area (TPSA) is 77.2 Å². The first-order valence-electron chi connectivity index (χ1n) is 12.4. The normalized spacial score (nSPS) is 21.1. The highest BCUT2D eigenvalue weighted by molar-refractivity contribution is 5.49. The van der Waals surface area contributed by atoms with Gasteiger partial charge in [0, 0.05) is 24.2 Å².